The van der Waals surface area contributed by atoms with E-state index in [2.05, 4.69) is 12.2 Å². The van der Waals surface area contributed by atoms with Gasteiger partial charge in [-0.25, -0.2) is 8.78 Å². The fraction of sp³-hybridized carbons (Fsp3) is 1.00. The van der Waals surface area contributed by atoms with Crippen LogP contribution < -0.4 is 5.32 Å². The Morgan fingerprint density at radius 2 is 2.07 bits per heavy atom. The minimum Gasteiger partial charge on any atom is -0.381 e. The highest BCUT2D eigenvalue weighted by Crippen LogP contribution is 2.38. The third kappa shape index (κ3) is 2.23. The molecule has 0 aromatic carbocycles. The summed E-state index contributed by atoms with van der Waals surface area (Å²) in [5, 5.41) is 3.30. The van der Waals surface area contributed by atoms with E-state index in [9.17, 15) is 8.78 Å². The van der Waals surface area contributed by atoms with Crippen molar-refractivity contribution in [3.8, 4) is 0 Å². The lowest BCUT2D eigenvalue weighted by Gasteiger charge is -2.40. The van der Waals surface area contributed by atoms with Crippen LogP contribution in [0.2, 0.25) is 0 Å². The molecule has 1 aliphatic carbocycles. The summed E-state index contributed by atoms with van der Waals surface area (Å²) in [7, 11) is 0. The van der Waals surface area contributed by atoms with E-state index >= 15 is 0 Å². The van der Waals surface area contributed by atoms with Gasteiger partial charge in [-0.2, -0.15) is 0 Å². The van der Waals surface area contributed by atoms with Gasteiger partial charge in [-0.3, -0.25) is 0 Å². The van der Waals surface area contributed by atoms with Crippen molar-refractivity contribution in [3.63, 3.8) is 0 Å². The third-order valence-electron chi connectivity index (χ3n) is 3.18. The SMILES string of the molecule is CC1COCCC1NC1CC(F)(F)C1. The second-order valence-electron chi connectivity index (χ2n) is 4.58. The fourth-order valence-corrected chi connectivity index (χ4v) is 2.21. The summed E-state index contributed by atoms with van der Waals surface area (Å²) in [6, 6.07) is 0.389. The van der Waals surface area contributed by atoms with E-state index in [0.29, 0.717) is 12.0 Å². The monoisotopic (exact) mass is 205 g/mol. The highest BCUT2D eigenvalue weighted by atomic mass is 19.3. The van der Waals surface area contributed by atoms with Gasteiger partial charge in [0.15, 0.2) is 0 Å². The molecule has 0 aromatic rings. The zero-order valence-corrected chi connectivity index (χ0v) is 8.43. The molecule has 0 amide bonds. The first-order valence-electron chi connectivity index (χ1n) is 5.28. The molecule has 0 radical (unpaired) electrons. The van der Waals surface area contributed by atoms with Crippen LogP contribution in [0.4, 0.5) is 8.78 Å². The predicted octanol–water partition coefficient (Wildman–Crippen LogP) is 1.80. The van der Waals surface area contributed by atoms with Gasteiger partial charge in [0, 0.05) is 31.5 Å². The summed E-state index contributed by atoms with van der Waals surface area (Å²) in [6.07, 6.45) is 0.970. The number of hydrogen-bond donors (Lipinski definition) is 1. The molecule has 1 aliphatic heterocycles. The van der Waals surface area contributed by atoms with E-state index in [0.717, 1.165) is 19.6 Å². The Bertz CT molecular complexity index is 202. The van der Waals surface area contributed by atoms with E-state index in [1.807, 2.05) is 0 Å². The van der Waals surface area contributed by atoms with Crippen molar-refractivity contribution in [1.82, 2.24) is 5.32 Å². The molecular weight excluding hydrogens is 188 g/mol. The fourth-order valence-electron chi connectivity index (χ4n) is 2.21. The maximum Gasteiger partial charge on any atom is 0.251 e. The zero-order valence-electron chi connectivity index (χ0n) is 8.43. The van der Waals surface area contributed by atoms with Crippen molar-refractivity contribution >= 4 is 0 Å². The lowest BCUT2D eigenvalue weighted by molar-refractivity contribution is -0.0991. The molecule has 0 spiro atoms. The molecule has 2 rings (SSSR count). The van der Waals surface area contributed by atoms with Gasteiger partial charge in [-0.05, 0) is 12.3 Å². The number of hydrogen-bond acceptors (Lipinski definition) is 2. The van der Waals surface area contributed by atoms with Crippen LogP contribution in [0, 0.1) is 5.92 Å². The number of rotatable bonds is 2. The van der Waals surface area contributed by atoms with Gasteiger partial charge < -0.3 is 10.1 Å². The Hall–Kier alpha value is -0.220. The van der Waals surface area contributed by atoms with Crippen LogP contribution in [-0.2, 0) is 4.74 Å². The molecule has 1 N–H and O–H groups in total. The van der Waals surface area contributed by atoms with Crippen molar-refractivity contribution in [3.05, 3.63) is 0 Å². The molecule has 82 valence electrons. The summed E-state index contributed by atoms with van der Waals surface area (Å²) < 4.78 is 30.4. The minimum atomic E-state index is -2.41. The van der Waals surface area contributed by atoms with Crippen molar-refractivity contribution in [1.29, 1.82) is 0 Å². The third-order valence-corrected chi connectivity index (χ3v) is 3.18. The zero-order chi connectivity index (χ0) is 10.2. The van der Waals surface area contributed by atoms with Crippen LogP contribution in [0.3, 0.4) is 0 Å². The first-order chi connectivity index (χ1) is 6.57. The average molecular weight is 205 g/mol. The smallest absolute Gasteiger partial charge is 0.251 e. The molecule has 2 fully saturated rings. The lowest BCUT2D eigenvalue weighted by Crippen LogP contribution is -2.54. The van der Waals surface area contributed by atoms with Crippen molar-refractivity contribution in [2.75, 3.05) is 13.2 Å². The van der Waals surface area contributed by atoms with E-state index < -0.39 is 5.92 Å². The summed E-state index contributed by atoms with van der Waals surface area (Å²) in [4.78, 5) is 0. The maximum atomic E-state index is 12.6. The van der Waals surface area contributed by atoms with Gasteiger partial charge in [0.05, 0.1) is 6.61 Å². The van der Waals surface area contributed by atoms with Crippen LogP contribution >= 0.6 is 0 Å². The summed E-state index contributed by atoms with van der Waals surface area (Å²) >= 11 is 0. The molecule has 2 atom stereocenters. The lowest BCUT2D eigenvalue weighted by atomic mass is 9.86. The summed E-state index contributed by atoms with van der Waals surface area (Å²) in [5.74, 6) is -1.97. The van der Waals surface area contributed by atoms with Gasteiger partial charge in [0.2, 0.25) is 0 Å². The Balaban J connectivity index is 1.75. The van der Waals surface area contributed by atoms with Gasteiger partial charge in [-0.15, -0.1) is 0 Å². The average Bonchev–Trinajstić information content (AvgIpc) is 2.05. The number of nitrogens with one attached hydrogen (secondary N) is 1. The second-order valence-corrected chi connectivity index (χ2v) is 4.58. The molecular formula is C10H17F2NO. The summed E-state index contributed by atoms with van der Waals surface area (Å²) in [5.41, 5.74) is 0. The topological polar surface area (TPSA) is 21.3 Å². The molecule has 2 nitrogen and oxygen atoms in total. The standard InChI is InChI=1S/C10H17F2NO/c1-7-6-14-3-2-9(7)13-8-4-10(11,12)5-8/h7-9,13H,2-6H2,1H3. The molecule has 4 heteroatoms. The van der Waals surface area contributed by atoms with Crippen LogP contribution in [0.15, 0.2) is 0 Å². The summed E-state index contributed by atoms with van der Waals surface area (Å²) in [6.45, 7) is 3.61. The van der Waals surface area contributed by atoms with Crippen LogP contribution in [0.25, 0.3) is 0 Å². The van der Waals surface area contributed by atoms with Crippen molar-refractivity contribution in [2.24, 2.45) is 5.92 Å². The Kier molecular flexibility index (Phi) is 2.75. The van der Waals surface area contributed by atoms with E-state index in [1.165, 1.54) is 0 Å². The maximum absolute atomic E-state index is 12.6. The Labute approximate surface area is 83.0 Å². The van der Waals surface area contributed by atoms with Gasteiger partial charge >= 0.3 is 0 Å². The van der Waals surface area contributed by atoms with E-state index in [1.54, 1.807) is 0 Å². The highest BCUT2D eigenvalue weighted by Gasteiger charge is 2.46. The van der Waals surface area contributed by atoms with Gasteiger partial charge in [-0.1, -0.05) is 6.92 Å². The van der Waals surface area contributed by atoms with Gasteiger partial charge in [0.25, 0.3) is 5.92 Å². The van der Waals surface area contributed by atoms with Gasteiger partial charge in [0.1, 0.15) is 0 Å². The Morgan fingerprint density at radius 1 is 1.36 bits per heavy atom. The molecule has 1 saturated carbocycles. The highest BCUT2D eigenvalue weighted by molar-refractivity contribution is 4.94. The molecule has 14 heavy (non-hydrogen) atoms. The van der Waals surface area contributed by atoms with Crippen LogP contribution in [0.5, 0.6) is 0 Å². The predicted molar refractivity (Wildman–Crippen MR) is 49.5 cm³/mol. The van der Waals surface area contributed by atoms with Crippen molar-refractivity contribution < 1.29 is 13.5 Å². The van der Waals surface area contributed by atoms with Crippen molar-refractivity contribution in [2.45, 2.75) is 44.2 Å². The second kappa shape index (κ2) is 3.74. The van der Waals surface area contributed by atoms with E-state index in [4.69, 9.17) is 4.74 Å². The number of ether oxygens (including phenoxy) is 1. The van der Waals surface area contributed by atoms with Crippen LogP contribution in [0.1, 0.15) is 26.2 Å². The molecule has 1 saturated heterocycles. The number of alkyl halides is 2. The largest absolute Gasteiger partial charge is 0.381 e. The molecule has 1 heterocycles. The Morgan fingerprint density at radius 3 is 2.64 bits per heavy atom. The normalized spacial score (nSPS) is 37.9. The molecule has 0 bridgehead atoms. The first-order valence-corrected chi connectivity index (χ1v) is 5.28. The van der Waals surface area contributed by atoms with E-state index in [-0.39, 0.29) is 18.9 Å². The number of halogens is 2. The van der Waals surface area contributed by atoms with Crippen LogP contribution in [-0.4, -0.2) is 31.2 Å². The quantitative estimate of drug-likeness (QED) is 0.742. The minimum absolute atomic E-state index is 0.0110. The molecule has 2 unspecified atom stereocenters. The first kappa shape index (κ1) is 10.3. The molecule has 2 aliphatic rings. The molecule has 0 aromatic heterocycles.